The van der Waals surface area contributed by atoms with E-state index in [4.69, 9.17) is 4.42 Å². The fourth-order valence-electron chi connectivity index (χ4n) is 4.54. The number of rotatable bonds is 6. The Bertz CT molecular complexity index is 1180. The maximum absolute atomic E-state index is 13.3. The summed E-state index contributed by atoms with van der Waals surface area (Å²) in [4.78, 5) is 46.4. The zero-order chi connectivity index (χ0) is 22.8. The number of nitrogens with one attached hydrogen (secondary N) is 1. The summed E-state index contributed by atoms with van der Waals surface area (Å²) < 4.78 is 5.28. The second-order valence-electron chi connectivity index (χ2n) is 8.33. The maximum atomic E-state index is 13.3. The Balaban J connectivity index is 1.33. The Labute approximate surface area is 191 Å². The van der Waals surface area contributed by atoms with Crippen molar-refractivity contribution in [2.24, 2.45) is 5.92 Å². The Morgan fingerprint density at radius 3 is 2.73 bits per heavy atom. The summed E-state index contributed by atoms with van der Waals surface area (Å²) >= 11 is 0. The van der Waals surface area contributed by atoms with Crippen molar-refractivity contribution >= 4 is 23.4 Å². The topological polar surface area (TPSA) is 95.8 Å². The van der Waals surface area contributed by atoms with E-state index in [-0.39, 0.29) is 30.2 Å². The van der Waals surface area contributed by atoms with Crippen LogP contribution in [0.2, 0.25) is 0 Å². The first kappa shape index (κ1) is 20.9. The van der Waals surface area contributed by atoms with Crippen LogP contribution in [0.3, 0.4) is 0 Å². The lowest BCUT2D eigenvalue weighted by molar-refractivity contribution is -0.125. The van der Waals surface area contributed by atoms with Crippen molar-refractivity contribution in [3.05, 3.63) is 83.6 Å². The number of nitrogens with zero attached hydrogens (tertiary/aromatic N) is 3. The molecule has 1 unspecified atom stereocenters. The lowest BCUT2D eigenvalue weighted by Crippen LogP contribution is -2.43. The average molecular weight is 444 g/mol. The Kier molecular flexibility index (Phi) is 5.64. The number of furan rings is 1. The minimum atomic E-state index is -0.299. The van der Waals surface area contributed by atoms with Gasteiger partial charge in [0.15, 0.2) is 0 Å². The monoisotopic (exact) mass is 444 g/mol. The maximum Gasteiger partial charge on any atom is 0.263 e. The van der Waals surface area contributed by atoms with E-state index in [1.807, 2.05) is 12.1 Å². The number of pyridine rings is 1. The minimum absolute atomic E-state index is 0.0367. The van der Waals surface area contributed by atoms with Crippen LogP contribution in [0.25, 0.3) is 0 Å². The van der Waals surface area contributed by atoms with Gasteiger partial charge in [-0.2, -0.15) is 0 Å². The van der Waals surface area contributed by atoms with Crippen LogP contribution in [0.4, 0.5) is 5.69 Å². The molecule has 0 bridgehead atoms. The summed E-state index contributed by atoms with van der Waals surface area (Å²) in [5, 5.41) is 2.94. The number of benzene rings is 1. The highest BCUT2D eigenvalue weighted by molar-refractivity contribution is 6.23. The van der Waals surface area contributed by atoms with Crippen LogP contribution >= 0.6 is 0 Å². The van der Waals surface area contributed by atoms with E-state index in [0.717, 1.165) is 24.9 Å². The highest BCUT2D eigenvalue weighted by atomic mass is 16.3. The van der Waals surface area contributed by atoms with Gasteiger partial charge >= 0.3 is 0 Å². The Morgan fingerprint density at radius 2 is 1.94 bits per heavy atom. The highest BCUT2D eigenvalue weighted by Gasteiger charge is 2.39. The van der Waals surface area contributed by atoms with Crippen molar-refractivity contribution in [3.8, 4) is 0 Å². The van der Waals surface area contributed by atoms with Gasteiger partial charge in [-0.1, -0.05) is 6.07 Å². The first-order chi connectivity index (χ1) is 16.1. The standard InChI is InChI=1S/C25H24N4O4/c30-23(27-14-19-5-3-13-33-19)18-4-2-12-28(16-18)21-7-1-6-20-22(21)25(32)29(24(20)31)15-17-8-10-26-11-9-17/h1,3,5-11,13,18H,2,4,12,14-16H2,(H,27,30). The molecule has 0 aliphatic carbocycles. The van der Waals surface area contributed by atoms with E-state index in [1.165, 1.54) is 4.90 Å². The molecule has 1 saturated heterocycles. The number of anilines is 1. The van der Waals surface area contributed by atoms with Crippen molar-refractivity contribution in [3.63, 3.8) is 0 Å². The van der Waals surface area contributed by atoms with Gasteiger partial charge in [-0.25, -0.2) is 0 Å². The number of fused-ring (bicyclic) bond motifs is 1. The number of carbonyl (C=O) groups is 3. The number of aromatic nitrogens is 1. The fraction of sp³-hybridized carbons (Fsp3) is 0.280. The summed E-state index contributed by atoms with van der Waals surface area (Å²) in [6, 6.07) is 12.6. The van der Waals surface area contributed by atoms with Gasteiger partial charge in [0.25, 0.3) is 11.8 Å². The third-order valence-corrected chi connectivity index (χ3v) is 6.22. The van der Waals surface area contributed by atoms with E-state index in [2.05, 4.69) is 15.2 Å². The van der Waals surface area contributed by atoms with Gasteiger partial charge in [0, 0.05) is 25.5 Å². The number of amides is 3. The summed E-state index contributed by atoms with van der Waals surface area (Å²) in [5.74, 6) is -0.129. The third-order valence-electron chi connectivity index (χ3n) is 6.22. The molecule has 3 aromatic rings. The predicted octanol–water partition coefficient (Wildman–Crippen LogP) is 3.00. The SMILES string of the molecule is O=C(NCc1ccco1)C1CCCN(c2cccc3c2C(=O)N(Cc2ccncc2)C3=O)C1. The van der Waals surface area contributed by atoms with Crippen LogP contribution in [0, 0.1) is 5.92 Å². The average Bonchev–Trinajstić information content (AvgIpc) is 3.46. The molecule has 2 aliphatic rings. The van der Waals surface area contributed by atoms with Crippen molar-refractivity contribution < 1.29 is 18.8 Å². The zero-order valence-corrected chi connectivity index (χ0v) is 18.1. The largest absolute Gasteiger partial charge is 0.467 e. The zero-order valence-electron chi connectivity index (χ0n) is 18.1. The lowest BCUT2D eigenvalue weighted by Gasteiger charge is -2.34. The molecule has 1 fully saturated rings. The second-order valence-corrected chi connectivity index (χ2v) is 8.33. The van der Waals surface area contributed by atoms with Crippen LogP contribution in [0.5, 0.6) is 0 Å². The molecule has 2 aromatic heterocycles. The first-order valence-corrected chi connectivity index (χ1v) is 11.0. The molecule has 4 heterocycles. The highest BCUT2D eigenvalue weighted by Crippen LogP contribution is 2.34. The van der Waals surface area contributed by atoms with Crippen LogP contribution in [0.15, 0.2) is 65.5 Å². The number of piperidine rings is 1. The molecular weight excluding hydrogens is 420 g/mol. The molecule has 168 valence electrons. The molecule has 33 heavy (non-hydrogen) atoms. The molecule has 3 amide bonds. The molecule has 0 saturated carbocycles. The van der Waals surface area contributed by atoms with Crippen molar-refractivity contribution in [1.29, 1.82) is 0 Å². The number of hydrogen-bond donors (Lipinski definition) is 1. The summed E-state index contributed by atoms with van der Waals surface area (Å²) in [6.07, 6.45) is 6.46. The molecular formula is C25H24N4O4. The fourth-order valence-corrected chi connectivity index (χ4v) is 4.54. The summed E-state index contributed by atoms with van der Waals surface area (Å²) in [5.41, 5.74) is 2.39. The quantitative estimate of drug-likeness (QED) is 0.588. The summed E-state index contributed by atoms with van der Waals surface area (Å²) in [6.45, 7) is 1.77. The second kappa shape index (κ2) is 8.90. The van der Waals surface area contributed by atoms with Gasteiger partial charge in [-0.05, 0) is 54.8 Å². The van der Waals surface area contributed by atoms with Crippen LogP contribution in [0.1, 0.15) is 44.9 Å². The molecule has 5 rings (SSSR count). The van der Waals surface area contributed by atoms with E-state index >= 15 is 0 Å². The van der Waals surface area contributed by atoms with Gasteiger partial charge in [-0.15, -0.1) is 0 Å². The molecule has 8 nitrogen and oxygen atoms in total. The molecule has 1 aromatic carbocycles. The Hall–Kier alpha value is -3.94. The molecule has 2 aliphatic heterocycles. The van der Waals surface area contributed by atoms with Crippen molar-refractivity contribution in [2.45, 2.75) is 25.9 Å². The van der Waals surface area contributed by atoms with Crippen molar-refractivity contribution in [2.75, 3.05) is 18.0 Å². The van der Waals surface area contributed by atoms with E-state index in [9.17, 15) is 14.4 Å². The minimum Gasteiger partial charge on any atom is -0.467 e. The van der Waals surface area contributed by atoms with Crippen LogP contribution < -0.4 is 10.2 Å². The Morgan fingerprint density at radius 1 is 1.09 bits per heavy atom. The van der Waals surface area contributed by atoms with Gasteiger partial charge in [0.05, 0.1) is 42.1 Å². The molecule has 8 heteroatoms. The van der Waals surface area contributed by atoms with Crippen LogP contribution in [-0.2, 0) is 17.9 Å². The molecule has 1 N–H and O–H groups in total. The molecule has 0 radical (unpaired) electrons. The number of imide groups is 1. The normalized spacial score (nSPS) is 17.9. The molecule has 0 spiro atoms. The van der Waals surface area contributed by atoms with E-state index in [0.29, 0.717) is 35.7 Å². The van der Waals surface area contributed by atoms with Gasteiger partial charge in [-0.3, -0.25) is 24.3 Å². The van der Waals surface area contributed by atoms with Gasteiger partial charge < -0.3 is 14.6 Å². The number of carbonyl (C=O) groups excluding carboxylic acids is 3. The van der Waals surface area contributed by atoms with Crippen LogP contribution in [-0.4, -0.2) is 40.7 Å². The molecule has 1 atom stereocenters. The van der Waals surface area contributed by atoms with E-state index in [1.54, 1.807) is 49.0 Å². The predicted molar refractivity (Wildman–Crippen MR) is 120 cm³/mol. The third kappa shape index (κ3) is 4.11. The smallest absolute Gasteiger partial charge is 0.263 e. The number of hydrogen-bond acceptors (Lipinski definition) is 6. The van der Waals surface area contributed by atoms with Gasteiger partial charge in [0.1, 0.15) is 5.76 Å². The van der Waals surface area contributed by atoms with Crippen molar-refractivity contribution in [1.82, 2.24) is 15.2 Å². The summed E-state index contributed by atoms with van der Waals surface area (Å²) in [7, 11) is 0. The van der Waals surface area contributed by atoms with Gasteiger partial charge in [0.2, 0.25) is 5.91 Å². The van der Waals surface area contributed by atoms with E-state index < -0.39 is 0 Å². The first-order valence-electron chi connectivity index (χ1n) is 11.0. The lowest BCUT2D eigenvalue weighted by atomic mass is 9.95.